The van der Waals surface area contributed by atoms with Crippen molar-refractivity contribution >= 4 is 39.1 Å². The SMILES string of the molecule is CCCCCCOc1ccc(Br)cc1C(=O)Nc1ccc(OC)c(Cl)c1. The number of carbonyl (C=O) groups is 1. The van der Waals surface area contributed by atoms with E-state index in [0.717, 1.165) is 17.3 Å². The van der Waals surface area contributed by atoms with Crippen LogP contribution in [0.25, 0.3) is 0 Å². The van der Waals surface area contributed by atoms with Crippen LogP contribution in [0.4, 0.5) is 5.69 Å². The number of methoxy groups -OCH3 is 1. The Morgan fingerprint density at radius 2 is 1.88 bits per heavy atom. The van der Waals surface area contributed by atoms with Crippen molar-refractivity contribution in [1.82, 2.24) is 0 Å². The van der Waals surface area contributed by atoms with Crippen molar-refractivity contribution in [3.05, 3.63) is 51.5 Å². The molecule has 0 aromatic heterocycles. The normalized spacial score (nSPS) is 10.5. The van der Waals surface area contributed by atoms with Crippen LogP contribution in [0.15, 0.2) is 40.9 Å². The summed E-state index contributed by atoms with van der Waals surface area (Å²) in [4.78, 5) is 12.7. The van der Waals surface area contributed by atoms with Crippen molar-refractivity contribution in [2.75, 3.05) is 19.0 Å². The van der Waals surface area contributed by atoms with Gasteiger partial charge in [0.1, 0.15) is 11.5 Å². The molecule has 0 aliphatic carbocycles. The van der Waals surface area contributed by atoms with E-state index >= 15 is 0 Å². The molecule has 2 rings (SSSR count). The highest BCUT2D eigenvalue weighted by Crippen LogP contribution is 2.29. The van der Waals surface area contributed by atoms with E-state index in [-0.39, 0.29) is 5.91 Å². The number of nitrogens with one attached hydrogen (secondary N) is 1. The van der Waals surface area contributed by atoms with Crippen molar-refractivity contribution < 1.29 is 14.3 Å². The minimum atomic E-state index is -0.254. The van der Waals surface area contributed by atoms with Crippen LogP contribution >= 0.6 is 27.5 Å². The zero-order valence-electron chi connectivity index (χ0n) is 15.0. The summed E-state index contributed by atoms with van der Waals surface area (Å²) in [5.74, 6) is 0.876. The van der Waals surface area contributed by atoms with Gasteiger partial charge in [-0.25, -0.2) is 0 Å². The zero-order chi connectivity index (χ0) is 18.9. The molecule has 0 radical (unpaired) electrons. The number of amides is 1. The molecule has 0 atom stereocenters. The van der Waals surface area contributed by atoms with Crippen LogP contribution in [0.5, 0.6) is 11.5 Å². The molecule has 0 saturated carbocycles. The van der Waals surface area contributed by atoms with Crippen LogP contribution in [-0.2, 0) is 0 Å². The molecule has 1 N–H and O–H groups in total. The summed E-state index contributed by atoms with van der Waals surface area (Å²) >= 11 is 9.53. The van der Waals surface area contributed by atoms with Crippen molar-refractivity contribution in [3.63, 3.8) is 0 Å². The van der Waals surface area contributed by atoms with Gasteiger partial charge in [-0.05, 0) is 42.8 Å². The summed E-state index contributed by atoms with van der Waals surface area (Å²) < 4.78 is 11.8. The number of unbranched alkanes of at least 4 members (excludes halogenated alkanes) is 3. The Morgan fingerprint density at radius 1 is 1.12 bits per heavy atom. The lowest BCUT2D eigenvalue weighted by atomic mass is 10.1. The standard InChI is InChI=1S/C20H23BrClNO3/c1-3-4-5-6-11-26-18-9-7-14(21)12-16(18)20(24)23-15-8-10-19(25-2)17(22)13-15/h7-10,12-13H,3-6,11H2,1-2H3,(H,23,24). The Hall–Kier alpha value is -1.72. The number of benzene rings is 2. The molecule has 0 fully saturated rings. The molecule has 0 heterocycles. The molecule has 0 aliphatic rings. The van der Waals surface area contributed by atoms with Crippen molar-refractivity contribution in [1.29, 1.82) is 0 Å². The van der Waals surface area contributed by atoms with Gasteiger partial charge >= 0.3 is 0 Å². The van der Waals surface area contributed by atoms with Crippen molar-refractivity contribution in [2.45, 2.75) is 32.6 Å². The second-order valence-corrected chi connectivity index (χ2v) is 7.18. The lowest BCUT2D eigenvalue weighted by molar-refractivity contribution is 0.102. The van der Waals surface area contributed by atoms with Crippen LogP contribution in [0.1, 0.15) is 43.0 Å². The number of ether oxygens (including phenoxy) is 2. The predicted molar refractivity (Wildman–Crippen MR) is 110 cm³/mol. The number of hydrogen-bond acceptors (Lipinski definition) is 3. The number of hydrogen-bond donors (Lipinski definition) is 1. The van der Waals surface area contributed by atoms with Crippen LogP contribution in [-0.4, -0.2) is 19.6 Å². The van der Waals surface area contributed by atoms with Gasteiger partial charge in [0.15, 0.2) is 0 Å². The van der Waals surface area contributed by atoms with Crippen molar-refractivity contribution in [3.8, 4) is 11.5 Å². The molecule has 0 bridgehead atoms. The van der Waals surface area contributed by atoms with E-state index in [1.54, 1.807) is 37.4 Å². The highest BCUT2D eigenvalue weighted by atomic mass is 79.9. The molecule has 0 unspecified atom stereocenters. The summed E-state index contributed by atoms with van der Waals surface area (Å²) in [6, 6.07) is 10.5. The highest BCUT2D eigenvalue weighted by Gasteiger charge is 2.14. The molecule has 140 valence electrons. The van der Waals surface area contributed by atoms with Crippen LogP contribution in [0, 0.1) is 0 Å². The second kappa shape index (κ2) is 10.4. The fourth-order valence-corrected chi connectivity index (χ4v) is 3.08. The third-order valence-corrected chi connectivity index (χ3v) is 4.64. The van der Waals surface area contributed by atoms with E-state index in [1.165, 1.54) is 12.8 Å². The number of carbonyl (C=O) groups excluding carboxylic acids is 1. The van der Waals surface area contributed by atoms with E-state index in [1.807, 2.05) is 6.07 Å². The van der Waals surface area contributed by atoms with E-state index in [2.05, 4.69) is 28.2 Å². The van der Waals surface area contributed by atoms with Gasteiger partial charge in [0.2, 0.25) is 0 Å². The Kier molecular flexibility index (Phi) is 8.26. The molecule has 0 spiro atoms. The van der Waals surface area contributed by atoms with Gasteiger partial charge in [-0.2, -0.15) is 0 Å². The third-order valence-electron chi connectivity index (χ3n) is 3.85. The monoisotopic (exact) mass is 439 g/mol. The zero-order valence-corrected chi connectivity index (χ0v) is 17.3. The van der Waals surface area contributed by atoms with Crippen LogP contribution in [0.3, 0.4) is 0 Å². The summed E-state index contributed by atoms with van der Waals surface area (Å²) in [7, 11) is 1.55. The molecule has 6 heteroatoms. The molecular formula is C20H23BrClNO3. The van der Waals surface area contributed by atoms with Gasteiger partial charge in [-0.15, -0.1) is 0 Å². The quantitative estimate of drug-likeness (QED) is 0.464. The Bertz CT molecular complexity index is 752. The maximum absolute atomic E-state index is 12.7. The lowest BCUT2D eigenvalue weighted by Gasteiger charge is -2.13. The summed E-state index contributed by atoms with van der Waals surface area (Å²) in [5.41, 5.74) is 1.07. The topological polar surface area (TPSA) is 47.6 Å². The smallest absolute Gasteiger partial charge is 0.259 e. The Labute approximate surface area is 168 Å². The predicted octanol–water partition coefficient (Wildman–Crippen LogP) is 6.32. The number of rotatable bonds is 9. The average Bonchev–Trinajstić information content (AvgIpc) is 2.62. The minimum Gasteiger partial charge on any atom is -0.495 e. The Balaban J connectivity index is 2.09. The average molecular weight is 441 g/mol. The van der Waals surface area contributed by atoms with Gasteiger partial charge in [0, 0.05) is 10.2 Å². The van der Waals surface area contributed by atoms with Gasteiger partial charge in [-0.3, -0.25) is 4.79 Å². The maximum atomic E-state index is 12.7. The van der Waals surface area contributed by atoms with Crippen molar-refractivity contribution in [2.24, 2.45) is 0 Å². The molecule has 1 amide bonds. The van der Waals surface area contributed by atoms with Gasteiger partial charge in [0.05, 0.1) is 24.3 Å². The van der Waals surface area contributed by atoms with E-state index in [0.29, 0.717) is 34.4 Å². The molecule has 2 aromatic carbocycles. The Morgan fingerprint density at radius 3 is 2.58 bits per heavy atom. The first-order valence-corrected chi connectivity index (χ1v) is 9.79. The largest absolute Gasteiger partial charge is 0.495 e. The van der Waals surface area contributed by atoms with Gasteiger partial charge in [-0.1, -0.05) is 53.7 Å². The van der Waals surface area contributed by atoms with Crippen LogP contribution < -0.4 is 14.8 Å². The van der Waals surface area contributed by atoms with E-state index < -0.39 is 0 Å². The van der Waals surface area contributed by atoms with E-state index in [4.69, 9.17) is 21.1 Å². The number of halogens is 2. The summed E-state index contributed by atoms with van der Waals surface area (Å²) in [6.45, 7) is 2.76. The lowest BCUT2D eigenvalue weighted by Crippen LogP contribution is -2.14. The minimum absolute atomic E-state index is 0.254. The first-order chi connectivity index (χ1) is 12.5. The second-order valence-electron chi connectivity index (χ2n) is 5.85. The highest BCUT2D eigenvalue weighted by molar-refractivity contribution is 9.10. The molecule has 26 heavy (non-hydrogen) atoms. The fraction of sp³-hybridized carbons (Fsp3) is 0.350. The molecule has 0 saturated heterocycles. The summed E-state index contributed by atoms with van der Waals surface area (Å²) in [5, 5.41) is 3.29. The first-order valence-electron chi connectivity index (χ1n) is 8.62. The van der Waals surface area contributed by atoms with Gasteiger partial charge < -0.3 is 14.8 Å². The fourth-order valence-electron chi connectivity index (χ4n) is 2.46. The maximum Gasteiger partial charge on any atom is 0.259 e. The first kappa shape index (κ1) is 20.6. The molecule has 4 nitrogen and oxygen atoms in total. The molecule has 0 aliphatic heterocycles. The third kappa shape index (κ3) is 5.92. The van der Waals surface area contributed by atoms with Crippen LogP contribution in [0.2, 0.25) is 5.02 Å². The molecule has 2 aromatic rings. The molecular weight excluding hydrogens is 418 g/mol. The van der Waals surface area contributed by atoms with Gasteiger partial charge in [0.25, 0.3) is 5.91 Å². The summed E-state index contributed by atoms with van der Waals surface area (Å²) in [6.07, 6.45) is 4.46. The number of anilines is 1. The van der Waals surface area contributed by atoms with E-state index in [9.17, 15) is 4.79 Å².